The molecule has 2 heteroatoms. The van der Waals surface area contributed by atoms with Gasteiger partial charge >= 0.3 is 0 Å². The molecule has 0 aliphatic heterocycles. The molecule has 0 aliphatic rings. The number of Topliss-reactive ketones (excluding diaryl/α,β-unsaturated/α-hetero) is 1. The minimum absolute atomic E-state index is 0.0396. The number of benzene rings is 1. The standard InChI is InChI=1S/C13H14O2/c1-5-13(3,4)15-12-8-6-11(7-9-12)10(2)14/h1,6-9H,2-4H3. The summed E-state index contributed by atoms with van der Waals surface area (Å²) in [5.74, 6) is 3.25. The second-order valence-corrected chi connectivity index (χ2v) is 3.84. The molecule has 0 radical (unpaired) electrons. The molecule has 1 aromatic rings. The van der Waals surface area contributed by atoms with Gasteiger partial charge in [-0.3, -0.25) is 4.79 Å². The zero-order valence-corrected chi connectivity index (χ0v) is 9.20. The maximum atomic E-state index is 11.0. The van der Waals surface area contributed by atoms with E-state index in [-0.39, 0.29) is 5.78 Å². The van der Waals surface area contributed by atoms with E-state index < -0.39 is 5.60 Å². The third-order valence-electron chi connectivity index (χ3n) is 1.98. The molecule has 0 bridgehead atoms. The fourth-order valence-electron chi connectivity index (χ4n) is 1.08. The number of carbonyl (C=O) groups excluding carboxylic acids is 1. The van der Waals surface area contributed by atoms with Crippen molar-refractivity contribution in [2.75, 3.05) is 0 Å². The van der Waals surface area contributed by atoms with Crippen LogP contribution in [0.25, 0.3) is 0 Å². The SMILES string of the molecule is C#CC(C)(C)Oc1ccc(C(C)=O)cc1. The van der Waals surface area contributed by atoms with Crippen LogP contribution in [0.3, 0.4) is 0 Å². The molecule has 0 unspecified atom stereocenters. The van der Waals surface area contributed by atoms with Crippen molar-refractivity contribution in [2.45, 2.75) is 26.4 Å². The van der Waals surface area contributed by atoms with Crippen molar-refractivity contribution in [1.29, 1.82) is 0 Å². The smallest absolute Gasteiger partial charge is 0.163 e. The average molecular weight is 202 g/mol. The largest absolute Gasteiger partial charge is 0.475 e. The Morgan fingerprint density at radius 3 is 2.27 bits per heavy atom. The Hall–Kier alpha value is -1.75. The van der Waals surface area contributed by atoms with E-state index in [1.54, 1.807) is 24.3 Å². The van der Waals surface area contributed by atoms with Gasteiger partial charge in [0.25, 0.3) is 0 Å². The van der Waals surface area contributed by atoms with E-state index in [1.165, 1.54) is 6.92 Å². The van der Waals surface area contributed by atoms with Crippen LogP contribution in [0.2, 0.25) is 0 Å². The Bertz CT molecular complexity index is 394. The second kappa shape index (κ2) is 4.18. The second-order valence-electron chi connectivity index (χ2n) is 3.84. The summed E-state index contributed by atoms with van der Waals surface area (Å²) in [6.45, 7) is 5.15. The Balaban J connectivity index is 2.83. The van der Waals surface area contributed by atoms with Crippen molar-refractivity contribution >= 4 is 5.78 Å². The first-order valence-corrected chi connectivity index (χ1v) is 4.72. The van der Waals surface area contributed by atoms with Gasteiger partial charge in [0, 0.05) is 5.56 Å². The molecule has 15 heavy (non-hydrogen) atoms. The highest BCUT2D eigenvalue weighted by Gasteiger charge is 2.15. The summed E-state index contributed by atoms with van der Waals surface area (Å²) in [5.41, 5.74) is 0.0402. The number of hydrogen-bond donors (Lipinski definition) is 0. The number of ether oxygens (including phenoxy) is 1. The van der Waals surface area contributed by atoms with Crippen LogP contribution in [0.15, 0.2) is 24.3 Å². The molecule has 0 aliphatic carbocycles. The van der Waals surface area contributed by atoms with Gasteiger partial charge in [-0.15, -0.1) is 6.42 Å². The van der Waals surface area contributed by atoms with Gasteiger partial charge in [0.1, 0.15) is 5.75 Å². The molecule has 78 valence electrons. The molecule has 2 nitrogen and oxygen atoms in total. The molecule has 1 aromatic carbocycles. The lowest BCUT2D eigenvalue weighted by Crippen LogP contribution is -2.25. The lowest BCUT2D eigenvalue weighted by atomic mass is 10.1. The Morgan fingerprint density at radius 1 is 1.33 bits per heavy atom. The van der Waals surface area contributed by atoms with Crippen molar-refractivity contribution < 1.29 is 9.53 Å². The minimum atomic E-state index is -0.627. The van der Waals surface area contributed by atoms with E-state index in [2.05, 4.69) is 5.92 Å². The van der Waals surface area contributed by atoms with E-state index in [4.69, 9.17) is 11.2 Å². The first-order chi connectivity index (χ1) is 6.94. The lowest BCUT2D eigenvalue weighted by Gasteiger charge is -2.20. The topological polar surface area (TPSA) is 26.3 Å². The number of carbonyl (C=O) groups is 1. The van der Waals surface area contributed by atoms with Crippen LogP contribution in [-0.2, 0) is 0 Å². The molecule has 0 fully saturated rings. The van der Waals surface area contributed by atoms with Crippen molar-refractivity contribution in [1.82, 2.24) is 0 Å². The third kappa shape index (κ3) is 3.14. The van der Waals surface area contributed by atoms with E-state index in [1.807, 2.05) is 13.8 Å². The Labute approximate surface area is 90.3 Å². The molecule has 0 saturated carbocycles. The zero-order chi connectivity index (χ0) is 11.5. The highest BCUT2D eigenvalue weighted by molar-refractivity contribution is 5.94. The van der Waals surface area contributed by atoms with E-state index in [9.17, 15) is 4.79 Å². The van der Waals surface area contributed by atoms with Crippen LogP contribution in [0.5, 0.6) is 5.75 Å². The van der Waals surface area contributed by atoms with Crippen molar-refractivity contribution in [3.63, 3.8) is 0 Å². The summed E-state index contributed by atoms with van der Waals surface area (Å²) in [4.78, 5) is 11.0. The van der Waals surface area contributed by atoms with Crippen molar-refractivity contribution in [3.05, 3.63) is 29.8 Å². The molecular formula is C13H14O2. The molecule has 0 saturated heterocycles. The maximum absolute atomic E-state index is 11.0. The highest BCUT2D eigenvalue weighted by Crippen LogP contribution is 2.18. The molecule has 0 amide bonds. The summed E-state index contributed by atoms with van der Waals surface area (Å²) in [6.07, 6.45) is 5.30. The van der Waals surface area contributed by atoms with Crippen LogP contribution in [0.4, 0.5) is 0 Å². The fraction of sp³-hybridized carbons (Fsp3) is 0.308. The lowest BCUT2D eigenvalue weighted by molar-refractivity contribution is 0.101. The van der Waals surface area contributed by atoms with Gasteiger partial charge < -0.3 is 4.74 Å². The van der Waals surface area contributed by atoms with Gasteiger partial charge in [-0.05, 0) is 45.0 Å². The number of rotatable bonds is 3. The van der Waals surface area contributed by atoms with Crippen LogP contribution in [0.1, 0.15) is 31.1 Å². The molecule has 0 N–H and O–H groups in total. The monoisotopic (exact) mass is 202 g/mol. The van der Waals surface area contributed by atoms with Gasteiger partial charge in [0.2, 0.25) is 0 Å². The molecule has 0 spiro atoms. The van der Waals surface area contributed by atoms with Gasteiger partial charge in [-0.25, -0.2) is 0 Å². The minimum Gasteiger partial charge on any atom is -0.475 e. The van der Waals surface area contributed by atoms with Gasteiger partial charge in [0.15, 0.2) is 11.4 Å². The average Bonchev–Trinajstić information content (AvgIpc) is 2.18. The van der Waals surface area contributed by atoms with E-state index >= 15 is 0 Å². The number of terminal acetylenes is 1. The summed E-state index contributed by atoms with van der Waals surface area (Å²) >= 11 is 0. The molecule has 0 atom stereocenters. The number of hydrogen-bond acceptors (Lipinski definition) is 2. The molecule has 1 rings (SSSR count). The normalized spacial score (nSPS) is 10.5. The third-order valence-corrected chi connectivity index (χ3v) is 1.98. The molecular weight excluding hydrogens is 188 g/mol. The van der Waals surface area contributed by atoms with Gasteiger partial charge in [0.05, 0.1) is 0 Å². The maximum Gasteiger partial charge on any atom is 0.163 e. The van der Waals surface area contributed by atoms with Crippen molar-refractivity contribution in [3.8, 4) is 18.1 Å². The van der Waals surface area contributed by atoms with Crippen LogP contribution >= 0.6 is 0 Å². The van der Waals surface area contributed by atoms with Crippen LogP contribution in [0, 0.1) is 12.3 Å². The van der Waals surface area contributed by atoms with Crippen LogP contribution in [-0.4, -0.2) is 11.4 Å². The van der Waals surface area contributed by atoms with Crippen LogP contribution < -0.4 is 4.74 Å². The first kappa shape index (κ1) is 11.3. The molecule has 0 heterocycles. The summed E-state index contributed by atoms with van der Waals surface area (Å²) in [5, 5.41) is 0. The highest BCUT2D eigenvalue weighted by atomic mass is 16.5. The Kier molecular flexibility index (Phi) is 3.16. The first-order valence-electron chi connectivity index (χ1n) is 4.72. The van der Waals surface area contributed by atoms with E-state index in [0.29, 0.717) is 11.3 Å². The Morgan fingerprint density at radius 2 is 1.87 bits per heavy atom. The van der Waals surface area contributed by atoms with Gasteiger partial charge in [-0.1, -0.05) is 5.92 Å². The fourth-order valence-corrected chi connectivity index (χ4v) is 1.08. The molecule has 0 aromatic heterocycles. The van der Waals surface area contributed by atoms with Gasteiger partial charge in [-0.2, -0.15) is 0 Å². The quantitative estimate of drug-likeness (QED) is 0.556. The predicted octanol–water partition coefficient (Wildman–Crippen LogP) is 2.68. The van der Waals surface area contributed by atoms with Crippen molar-refractivity contribution in [2.24, 2.45) is 0 Å². The summed E-state index contributed by atoms with van der Waals surface area (Å²) in [6, 6.07) is 6.94. The van der Waals surface area contributed by atoms with E-state index in [0.717, 1.165) is 0 Å². The summed E-state index contributed by atoms with van der Waals surface area (Å²) in [7, 11) is 0. The zero-order valence-electron chi connectivity index (χ0n) is 9.20. The summed E-state index contributed by atoms with van der Waals surface area (Å²) < 4.78 is 5.54. The number of ketones is 1. The predicted molar refractivity (Wildman–Crippen MR) is 60.0 cm³/mol.